The maximum atomic E-state index is 14.6. The van der Waals surface area contributed by atoms with Gasteiger partial charge in [0.05, 0.1) is 17.3 Å². The van der Waals surface area contributed by atoms with Crippen molar-refractivity contribution in [1.29, 1.82) is 0 Å². The number of benzene rings is 1. The number of carbonyl (C=O) groups excluding carboxylic acids is 1. The molecule has 1 saturated heterocycles. The van der Waals surface area contributed by atoms with Gasteiger partial charge < -0.3 is 4.90 Å². The summed E-state index contributed by atoms with van der Waals surface area (Å²) in [6, 6.07) is 2.86. The van der Waals surface area contributed by atoms with Gasteiger partial charge in [-0.2, -0.15) is 0 Å². The molecule has 2 aromatic rings. The molecule has 184 valence electrons. The normalized spacial score (nSPS) is 15.7. The number of rotatable bonds is 8. The maximum absolute atomic E-state index is 14.6. The number of carbonyl (C=O) groups is 1. The molecule has 0 N–H and O–H groups in total. The van der Waals surface area contributed by atoms with Crippen LogP contribution in [0.3, 0.4) is 0 Å². The van der Waals surface area contributed by atoms with Crippen LogP contribution < -0.4 is 0 Å². The first kappa shape index (κ1) is 26.0. The van der Waals surface area contributed by atoms with E-state index in [2.05, 4.69) is 47.4 Å². The number of halogens is 2. The van der Waals surface area contributed by atoms with Crippen molar-refractivity contribution < 1.29 is 13.6 Å². The molecule has 0 radical (unpaired) electrons. The Balaban J connectivity index is 1.78. The number of Topliss-reactive ketones (excluding diaryl/α,β-unsaturated/α-hetero) is 1. The van der Waals surface area contributed by atoms with Crippen LogP contribution in [0.5, 0.6) is 0 Å². The quantitative estimate of drug-likeness (QED) is 0.315. The molecule has 1 fully saturated rings. The molecule has 0 saturated carbocycles. The zero-order valence-corrected chi connectivity index (χ0v) is 20.8. The number of allylic oxidation sites excluding steroid dienone is 5. The summed E-state index contributed by atoms with van der Waals surface area (Å²) in [7, 11) is 0. The van der Waals surface area contributed by atoms with Gasteiger partial charge >= 0.3 is 0 Å². The third-order valence-electron chi connectivity index (χ3n) is 6.40. The largest absolute Gasteiger partial charge is 0.372 e. The molecule has 0 aliphatic carbocycles. The van der Waals surface area contributed by atoms with Crippen molar-refractivity contribution in [1.82, 2.24) is 19.9 Å². The minimum atomic E-state index is -1.14. The lowest BCUT2D eigenvalue weighted by Crippen LogP contribution is -2.34. The molecule has 2 heterocycles. The molecular weight excluding hydrogens is 446 g/mol. The Bertz CT molecular complexity index is 1230. The summed E-state index contributed by atoms with van der Waals surface area (Å²) in [5.74, 6) is -2.71. The molecular formula is C28H32F2N4O. The average Bonchev–Trinajstić information content (AvgIpc) is 3.25. The predicted molar refractivity (Wildman–Crippen MR) is 138 cm³/mol. The van der Waals surface area contributed by atoms with E-state index < -0.39 is 17.4 Å². The fraction of sp³-hybridized carbons (Fsp3) is 0.321. The summed E-state index contributed by atoms with van der Waals surface area (Å²) in [4.78, 5) is 13.7. The van der Waals surface area contributed by atoms with Crippen LogP contribution in [0.15, 0.2) is 54.8 Å². The third kappa shape index (κ3) is 5.73. The van der Waals surface area contributed by atoms with E-state index in [0.29, 0.717) is 11.3 Å². The minimum absolute atomic E-state index is 0.0742. The van der Waals surface area contributed by atoms with Crippen molar-refractivity contribution in [3.8, 4) is 0 Å². The molecule has 1 aromatic carbocycles. The summed E-state index contributed by atoms with van der Waals surface area (Å²) < 4.78 is 30.8. The van der Waals surface area contributed by atoms with Crippen LogP contribution in [0.4, 0.5) is 8.78 Å². The number of aromatic nitrogens is 3. The van der Waals surface area contributed by atoms with E-state index in [4.69, 9.17) is 0 Å². The monoisotopic (exact) mass is 478 g/mol. The van der Waals surface area contributed by atoms with Gasteiger partial charge in [-0.15, -0.1) is 5.10 Å². The Morgan fingerprint density at radius 3 is 2.31 bits per heavy atom. The van der Waals surface area contributed by atoms with E-state index in [9.17, 15) is 13.6 Å². The molecule has 0 unspecified atom stereocenters. The fourth-order valence-electron chi connectivity index (χ4n) is 4.12. The van der Waals surface area contributed by atoms with E-state index in [1.165, 1.54) is 24.6 Å². The molecule has 1 aliphatic rings. The Labute approximate surface area is 205 Å². The van der Waals surface area contributed by atoms with Gasteiger partial charge in [0, 0.05) is 24.4 Å². The van der Waals surface area contributed by atoms with Crippen LogP contribution in [-0.4, -0.2) is 38.8 Å². The van der Waals surface area contributed by atoms with E-state index in [0.717, 1.165) is 37.3 Å². The minimum Gasteiger partial charge on any atom is -0.372 e. The van der Waals surface area contributed by atoms with Gasteiger partial charge in [-0.1, -0.05) is 42.2 Å². The highest BCUT2D eigenvalue weighted by atomic mass is 19.2. The number of hydrogen-bond donors (Lipinski definition) is 0. The van der Waals surface area contributed by atoms with Crippen LogP contribution in [0.1, 0.15) is 73.9 Å². The highest BCUT2D eigenvalue weighted by Crippen LogP contribution is 2.29. The SMILES string of the molecule is C=Cc1c(/C=C(\C)c2ccc(C(C)=O)c(F)c2F)nnn1C1CCN(C(=C)/C=C\C(C)=C/C)CC1. The van der Waals surface area contributed by atoms with E-state index in [1.54, 1.807) is 19.1 Å². The van der Waals surface area contributed by atoms with Crippen LogP contribution in [-0.2, 0) is 0 Å². The second-order valence-electron chi connectivity index (χ2n) is 8.76. The Hall–Kier alpha value is -3.61. The molecule has 0 spiro atoms. The first-order valence-electron chi connectivity index (χ1n) is 11.7. The van der Waals surface area contributed by atoms with E-state index >= 15 is 0 Å². The maximum Gasteiger partial charge on any atom is 0.170 e. The highest BCUT2D eigenvalue weighted by molar-refractivity contribution is 5.95. The first-order chi connectivity index (χ1) is 16.7. The van der Waals surface area contributed by atoms with E-state index in [-0.39, 0.29) is 17.2 Å². The predicted octanol–water partition coefficient (Wildman–Crippen LogP) is 6.64. The van der Waals surface area contributed by atoms with Crippen LogP contribution in [0.2, 0.25) is 0 Å². The molecule has 0 atom stereocenters. The number of nitrogens with zero attached hydrogens (tertiary/aromatic N) is 4. The molecule has 1 aliphatic heterocycles. The molecule has 35 heavy (non-hydrogen) atoms. The van der Waals surface area contributed by atoms with Gasteiger partial charge in [-0.05, 0) is 70.4 Å². The lowest BCUT2D eigenvalue weighted by atomic mass is 10.0. The van der Waals surface area contributed by atoms with Crippen molar-refractivity contribution in [2.45, 2.75) is 46.6 Å². The standard InChI is InChI=1S/C28H32F2N4O/c1-7-18(3)9-10-20(5)33-15-13-22(14-16-33)34-26(8-2)25(31-32-34)17-19(4)23-11-12-24(21(6)35)28(30)27(23)29/h7-12,17,22H,2,5,13-16H2,1,3-4,6H3/b10-9-,18-7-,19-17+. The second-order valence-corrected chi connectivity index (χ2v) is 8.76. The van der Waals surface area contributed by atoms with Crippen molar-refractivity contribution in [3.05, 3.63) is 88.9 Å². The molecule has 5 nitrogen and oxygen atoms in total. The Morgan fingerprint density at radius 2 is 1.71 bits per heavy atom. The van der Waals surface area contributed by atoms with Crippen molar-refractivity contribution in [3.63, 3.8) is 0 Å². The summed E-state index contributed by atoms with van der Waals surface area (Å²) in [6.45, 7) is 16.7. The van der Waals surface area contributed by atoms with Gasteiger partial charge in [0.25, 0.3) is 0 Å². The second kappa shape index (κ2) is 11.2. The van der Waals surface area contributed by atoms with Gasteiger partial charge in [-0.25, -0.2) is 13.5 Å². The smallest absolute Gasteiger partial charge is 0.170 e. The zero-order chi connectivity index (χ0) is 25.7. The molecule has 7 heteroatoms. The summed E-state index contributed by atoms with van der Waals surface area (Å²) >= 11 is 0. The number of hydrogen-bond acceptors (Lipinski definition) is 4. The summed E-state index contributed by atoms with van der Waals surface area (Å²) in [6.07, 6.45) is 11.2. The molecule has 1 aromatic heterocycles. The van der Waals surface area contributed by atoms with Crippen LogP contribution in [0, 0.1) is 11.6 Å². The van der Waals surface area contributed by atoms with Crippen molar-refractivity contribution in [2.24, 2.45) is 0 Å². The Kier molecular flexibility index (Phi) is 8.33. The summed E-state index contributed by atoms with van der Waals surface area (Å²) in [5.41, 5.74) is 3.71. The molecule has 0 amide bonds. The van der Waals surface area contributed by atoms with Crippen LogP contribution in [0.25, 0.3) is 17.7 Å². The number of ketones is 1. The topological polar surface area (TPSA) is 51.0 Å². The van der Waals surface area contributed by atoms with E-state index in [1.807, 2.05) is 17.7 Å². The van der Waals surface area contributed by atoms with Crippen molar-refractivity contribution >= 4 is 23.5 Å². The van der Waals surface area contributed by atoms with Crippen molar-refractivity contribution in [2.75, 3.05) is 13.1 Å². The van der Waals surface area contributed by atoms with Gasteiger partial charge in [0.1, 0.15) is 5.69 Å². The van der Waals surface area contributed by atoms with Gasteiger partial charge in [0.2, 0.25) is 0 Å². The average molecular weight is 479 g/mol. The number of likely N-dealkylation sites (tertiary alicyclic amines) is 1. The summed E-state index contributed by atoms with van der Waals surface area (Å²) in [5, 5.41) is 8.64. The third-order valence-corrected chi connectivity index (χ3v) is 6.40. The Morgan fingerprint density at radius 1 is 1.09 bits per heavy atom. The lowest BCUT2D eigenvalue weighted by Gasteiger charge is -2.34. The van der Waals surface area contributed by atoms with Gasteiger partial charge in [0.15, 0.2) is 17.4 Å². The molecule has 0 bridgehead atoms. The fourth-order valence-corrected chi connectivity index (χ4v) is 4.12. The van der Waals surface area contributed by atoms with Crippen LogP contribution >= 0.6 is 0 Å². The lowest BCUT2D eigenvalue weighted by molar-refractivity contribution is 0.101. The van der Waals surface area contributed by atoms with Gasteiger partial charge in [-0.3, -0.25) is 4.79 Å². The molecule has 3 rings (SSSR count). The first-order valence-corrected chi connectivity index (χ1v) is 11.7. The zero-order valence-electron chi connectivity index (χ0n) is 20.8. The highest BCUT2D eigenvalue weighted by Gasteiger charge is 2.24. The number of piperidine rings is 1.